The highest BCUT2D eigenvalue weighted by molar-refractivity contribution is 8.03. The summed E-state index contributed by atoms with van der Waals surface area (Å²) >= 11 is 0. The highest BCUT2D eigenvalue weighted by atomic mass is 32.3. The molecule has 0 heterocycles. The zero-order chi connectivity index (χ0) is 24.1. The molecule has 7 heteroatoms. The quantitative estimate of drug-likeness (QED) is 0.377. The van der Waals surface area contributed by atoms with E-state index in [-0.39, 0.29) is 22.0 Å². The minimum Gasteiger partial charge on any atom is -0.300 e. The largest absolute Gasteiger partial charge is 0.300 e. The van der Waals surface area contributed by atoms with Crippen LogP contribution in [0.4, 0.5) is 0 Å². The number of rotatable bonds is 9. The maximum Gasteiger partial charge on any atom is 0.290 e. The summed E-state index contributed by atoms with van der Waals surface area (Å²) < 4.78 is 45.3. The number of nitrogens with zero attached hydrogens (tertiary/aromatic N) is 1. The van der Waals surface area contributed by atoms with Crippen molar-refractivity contribution in [3.8, 4) is 0 Å². The van der Waals surface area contributed by atoms with Crippen molar-refractivity contribution < 1.29 is 17.4 Å². The van der Waals surface area contributed by atoms with Gasteiger partial charge in [0.15, 0.2) is 0 Å². The molecule has 3 atom stereocenters. The minimum absolute atomic E-state index is 0.0394. The van der Waals surface area contributed by atoms with E-state index in [0.717, 1.165) is 11.1 Å². The number of Topliss-reactive ketones (excluding diaryl/α,β-unsaturated/α-hetero) is 1. The minimum atomic E-state index is -4.27. The summed E-state index contributed by atoms with van der Waals surface area (Å²) in [5.74, 6) is -0.669. The molecular weight excluding hydrogens is 454 g/mol. The summed E-state index contributed by atoms with van der Waals surface area (Å²) in [6.07, 6.45) is 1.54. The van der Waals surface area contributed by atoms with Gasteiger partial charge in [-0.3, -0.25) is 0 Å². The topological polar surface area (TPSA) is 80.6 Å². The zero-order valence-electron chi connectivity index (χ0n) is 18.6. The molecule has 0 saturated heterocycles. The molecule has 0 spiro atoms. The summed E-state index contributed by atoms with van der Waals surface area (Å²) in [6.45, 7) is 7.18. The summed E-state index contributed by atoms with van der Waals surface area (Å²) in [7, 11) is -7.87. The van der Waals surface area contributed by atoms with Gasteiger partial charge in [-0.25, -0.2) is 4.21 Å². The smallest absolute Gasteiger partial charge is 0.290 e. The predicted molar refractivity (Wildman–Crippen MR) is 132 cm³/mol. The lowest BCUT2D eigenvalue weighted by atomic mass is 9.90. The van der Waals surface area contributed by atoms with Crippen LogP contribution in [0.2, 0.25) is 0 Å². The van der Waals surface area contributed by atoms with E-state index in [9.17, 15) is 17.4 Å². The van der Waals surface area contributed by atoms with E-state index in [2.05, 4.69) is 10.3 Å². The molecule has 0 saturated carbocycles. The van der Waals surface area contributed by atoms with Crippen molar-refractivity contribution >= 4 is 25.5 Å². The second-order valence-electron chi connectivity index (χ2n) is 7.87. The first-order chi connectivity index (χ1) is 15.7. The Morgan fingerprint density at radius 3 is 1.94 bits per heavy atom. The van der Waals surface area contributed by atoms with Gasteiger partial charge in [0.1, 0.15) is 5.78 Å². The lowest BCUT2D eigenvalue weighted by Crippen LogP contribution is -2.29. The highest BCUT2D eigenvalue weighted by Gasteiger charge is 2.35. The first-order valence-electron chi connectivity index (χ1n) is 10.5. The van der Waals surface area contributed by atoms with Crippen LogP contribution in [-0.4, -0.2) is 23.7 Å². The van der Waals surface area contributed by atoms with Crippen molar-refractivity contribution in [1.29, 1.82) is 0 Å². The van der Waals surface area contributed by atoms with Crippen molar-refractivity contribution in [3.63, 3.8) is 0 Å². The maximum absolute atomic E-state index is 14.6. The molecule has 33 heavy (non-hydrogen) atoms. The molecule has 0 aliphatic carbocycles. The second-order valence-corrected chi connectivity index (χ2v) is 12.0. The monoisotopic (exact) mass is 481 g/mol. The fourth-order valence-corrected chi connectivity index (χ4v) is 8.27. The van der Waals surface area contributed by atoms with Gasteiger partial charge in [-0.15, -0.1) is 10.3 Å². The average Bonchev–Trinajstić information content (AvgIpc) is 2.80. The summed E-state index contributed by atoms with van der Waals surface area (Å²) in [5.41, 5.74) is 1.66. The Bertz CT molecular complexity index is 1340. The molecule has 0 amide bonds. The Morgan fingerprint density at radius 2 is 1.42 bits per heavy atom. The number of carbonyl (C=O) groups excluding carboxylic acids is 1. The van der Waals surface area contributed by atoms with Gasteiger partial charge >= 0.3 is 0 Å². The van der Waals surface area contributed by atoms with Gasteiger partial charge in [0.25, 0.3) is 10.0 Å². The van der Waals surface area contributed by atoms with Gasteiger partial charge in [0.05, 0.1) is 19.9 Å². The summed E-state index contributed by atoms with van der Waals surface area (Å²) in [5, 5.41) is -0.925. The molecule has 3 rings (SSSR count). The van der Waals surface area contributed by atoms with Crippen molar-refractivity contribution in [3.05, 3.63) is 109 Å². The van der Waals surface area contributed by atoms with Crippen molar-refractivity contribution in [2.24, 2.45) is 3.77 Å². The van der Waals surface area contributed by atoms with Crippen LogP contribution in [0.25, 0.3) is 0 Å². The SMILES string of the molecule is C=C[C@H]([C@@H](CC(C)=O)c1ccccc1)[S@@](=O)(=NS(=O)(=O)c1ccc(C)cc1)c1ccccc1. The number of ketones is 1. The number of hydrogen-bond donors (Lipinski definition) is 0. The number of sulfonamides is 1. The Kier molecular flexibility index (Phi) is 7.66. The van der Waals surface area contributed by atoms with Crippen LogP contribution in [0.15, 0.2) is 111 Å². The van der Waals surface area contributed by atoms with Gasteiger partial charge in [0, 0.05) is 17.2 Å². The Morgan fingerprint density at radius 1 is 0.879 bits per heavy atom. The molecule has 5 nitrogen and oxygen atoms in total. The lowest BCUT2D eigenvalue weighted by molar-refractivity contribution is -0.117. The number of aryl methyl sites for hydroxylation is 1. The lowest BCUT2D eigenvalue weighted by Gasteiger charge is -2.27. The van der Waals surface area contributed by atoms with E-state index in [1.54, 1.807) is 42.5 Å². The third kappa shape index (κ3) is 5.67. The van der Waals surface area contributed by atoms with Gasteiger partial charge in [-0.2, -0.15) is 8.42 Å². The van der Waals surface area contributed by atoms with Crippen LogP contribution in [0.1, 0.15) is 30.4 Å². The van der Waals surface area contributed by atoms with Crippen LogP contribution in [0, 0.1) is 6.92 Å². The first-order valence-corrected chi connectivity index (χ1v) is 13.5. The van der Waals surface area contributed by atoms with Crippen molar-refractivity contribution in [2.45, 2.75) is 41.2 Å². The maximum atomic E-state index is 14.6. The molecule has 3 aromatic carbocycles. The van der Waals surface area contributed by atoms with Crippen LogP contribution >= 0.6 is 0 Å². The summed E-state index contributed by atoms with van der Waals surface area (Å²) in [4.78, 5) is 12.4. The van der Waals surface area contributed by atoms with Crippen molar-refractivity contribution in [1.82, 2.24) is 0 Å². The van der Waals surface area contributed by atoms with Crippen LogP contribution in [0.5, 0.6) is 0 Å². The molecule has 0 radical (unpaired) electrons. The molecular formula is C26H27NO4S2. The third-order valence-corrected chi connectivity index (χ3v) is 10.1. The standard InChI is InChI=1S/C26H27NO4S2/c1-4-26(25(19-21(3)28)22-11-7-5-8-12-22)32(29,23-13-9-6-10-14-23)27-33(30,31)24-17-15-20(2)16-18-24/h4-18,25-26H,1,19H2,2-3H3/t25-,26+,32+/m0/s1. The predicted octanol–water partition coefficient (Wildman–Crippen LogP) is 5.53. The molecule has 0 N–H and O–H groups in total. The van der Waals surface area contributed by atoms with E-state index in [4.69, 9.17) is 0 Å². The third-order valence-electron chi connectivity index (χ3n) is 5.34. The molecule has 0 fully saturated rings. The molecule has 0 aromatic heterocycles. The molecule has 0 aliphatic heterocycles. The van der Waals surface area contributed by atoms with Gasteiger partial charge < -0.3 is 4.79 Å². The van der Waals surface area contributed by atoms with E-state index in [1.165, 1.54) is 25.1 Å². The fourth-order valence-electron chi connectivity index (χ4n) is 3.72. The van der Waals surface area contributed by atoms with Crippen LogP contribution in [0.3, 0.4) is 0 Å². The van der Waals surface area contributed by atoms with Gasteiger partial charge in [0.2, 0.25) is 0 Å². The number of hydrogen-bond acceptors (Lipinski definition) is 4. The molecule has 3 aromatic rings. The molecule has 172 valence electrons. The normalized spacial score (nSPS) is 15.1. The van der Waals surface area contributed by atoms with E-state index >= 15 is 0 Å². The van der Waals surface area contributed by atoms with Gasteiger partial charge in [-0.1, -0.05) is 72.3 Å². The second kappa shape index (κ2) is 10.3. The number of carbonyl (C=O) groups is 1. The van der Waals surface area contributed by atoms with E-state index < -0.39 is 30.9 Å². The van der Waals surface area contributed by atoms with Crippen molar-refractivity contribution in [2.75, 3.05) is 0 Å². The van der Waals surface area contributed by atoms with Crippen LogP contribution < -0.4 is 0 Å². The Labute approximate surface area is 196 Å². The Hall–Kier alpha value is -3.03. The highest BCUT2D eigenvalue weighted by Crippen LogP contribution is 2.35. The first kappa shape index (κ1) is 24.6. The summed E-state index contributed by atoms with van der Waals surface area (Å²) in [6, 6.07) is 23.7. The van der Waals surface area contributed by atoms with E-state index in [1.807, 2.05) is 37.3 Å². The zero-order valence-corrected chi connectivity index (χ0v) is 20.3. The molecule has 0 aliphatic rings. The van der Waals surface area contributed by atoms with Crippen LogP contribution in [-0.2, 0) is 24.5 Å². The Balaban J connectivity index is 2.29. The number of benzene rings is 3. The fraction of sp³-hybridized carbons (Fsp3) is 0.192. The molecule has 0 bridgehead atoms. The molecule has 0 unspecified atom stereocenters. The van der Waals surface area contributed by atoms with Gasteiger partial charge in [-0.05, 0) is 43.7 Å². The van der Waals surface area contributed by atoms with E-state index in [0.29, 0.717) is 0 Å². The average molecular weight is 482 g/mol.